The molecular formula is C15H17NOS. The molecule has 18 heavy (non-hydrogen) atoms. The molecular weight excluding hydrogens is 242 g/mol. The highest BCUT2D eigenvalue weighted by Crippen LogP contribution is 2.35. The molecule has 94 valence electrons. The molecule has 2 aromatic rings. The maximum Gasteiger partial charge on any atom is 0.122 e. The molecule has 1 unspecified atom stereocenters. The summed E-state index contributed by atoms with van der Waals surface area (Å²) in [4.78, 5) is 0. The second-order valence-electron chi connectivity index (χ2n) is 4.70. The van der Waals surface area contributed by atoms with Crippen LogP contribution in [0.1, 0.15) is 29.2 Å². The summed E-state index contributed by atoms with van der Waals surface area (Å²) in [6.07, 6.45) is 3.06. The smallest absolute Gasteiger partial charge is 0.122 e. The maximum atomic E-state index is 6.07. The number of nitrogens with two attached hydrogens (primary N) is 1. The first-order valence-corrected chi connectivity index (χ1v) is 7.30. The lowest BCUT2D eigenvalue weighted by Gasteiger charge is -2.11. The number of ether oxygens (including phenoxy) is 1. The molecule has 3 heteroatoms. The van der Waals surface area contributed by atoms with Gasteiger partial charge in [0.2, 0.25) is 0 Å². The molecule has 1 aliphatic carbocycles. The second-order valence-corrected chi connectivity index (χ2v) is 5.48. The summed E-state index contributed by atoms with van der Waals surface area (Å²) < 4.78 is 5.92. The van der Waals surface area contributed by atoms with Crippen LogP contribution in [-0.2, 0) is 12.8 Å². The molecule has 1 atom stereocenters. The Bertz CT molecular complexity index is 521. The van der Waals surface area contributed by atoms with Gasteiger partial charge in [-0.1, -0.05) is 12.1 Å². The maximum absolute atomic E-state index is 6.07. The molecule has 0 saturated carbocycles. The molecule has 0 aliphatic heterocycles. The molecule has 0 bridgehead atoms. The molecule has 1 aliphatic rings. The molecule has 3 rings (SSSR count). The second kappa shape index (κ2) is 5.12. The van der Waals surface area contributed by atoms with Gasteiger partial charge in [-0.2, -0.15) is 11.3 Å². The quantitative estimate of drug-likeness (QED) is 0.914. The van der Waals surface area contributed by atoms with E-state index >= 15 is 0 Å². The third-order valence-electron chi connectivity index (χ3n) is 3.50. The van der Waals surface area contributed by atoms with Crippen molar-refractivity contribution in [3.05, 3.63) is 51.7 Å². The van der Waals surface area contributed by atoms with Crippen LogP contribution in [0.5, 0.6) is 5.75 Å². The van der Waals surface area contributed by atoms with E-state index in [1.807, 2.05) is 6.07 Å². The van der Waals surface area contributed by atoms with Gasteiger partial charge in [-0.05, 0) is 52.4 Å². The zero-order valence-electron chi connectivity index (χ0n) is 10.3. The highest BCUT2D eigenvalue weighted by molar-refractivity contribution is 7.07. The average molecular weight is 259 g/mol. The highest BCUT2D eigenvalue weighted by Gasteiger charge is 2.21. The minimum atomic E-state index is 0.195. The van der Waals surface area contributed by atoms with Gasteiger partial charge >= 0.3 is 0 Å². The molecule has 2 nitrogen and oxygen atoms in total. The Kier molecular flexibility index (Phi) is 3.35. The van der Waals surface area contributed by atoms with Gasteiger partial charge in [0, 0.05) is 12.5 Å². The number of fused-ring (bicyclic) bond motifs is 1. The van der Waals surface area contributed by atoms with Gasteiger partial charge in [-0.15, -0.1) is 0 Å². The van der Waals surface area contributed by atoms with Crippen molar-refractivity contribution in [1.82, 2.24) is 0 Å². The normalized spacial score (nSPS) is 17.7. The number of hydrogen-bond acceptors (Lipinski definition) is 3. The Morgan fingerprint density at radius 1 is 1.33 bits per heavy atom. The van der Waals surface area contributed by atoms with Crippen LogP contribution in [0.25, 0.3) is 0 Å². The zero-order chi connectivity index (χ0) is 12.4. The van der Waals surface area contributed by atoms with Crippen LogP contribution in [-0.4, -0.2) is 6.61 Å². The van der Waals surface area contributed by atoms with Crippen LogP contribution < -0.4 is 10.5 Å². The largest absolute Gasteiger partial charge is 0.493 e. The summed E-state index contributed by atoms with van der Waals surface area (Å²) >= 11 is 1.73. The van der Waals surface area contributed by atoms with E-state index in [9.17, 15) is 0 Å². The predicted molar refractivity (Wildman–Crippen MR) is 75.2 cm³/mol. The van der Waals surface area contributed by atoms with Gasteiger partial charge in [0.1, 0.15) is 5.75 Å². The SMILES string of the molecule is NC1CCc2c(OCCc3ccsc3)cccc21. The third-order valence-corrected chi connectivity index (χ3v) is 4.23. The minimum absolute atomic E-state index is 0.195. The van der Waals surface area contributed by atoms with Crippen LogP contribution in [0.2, 0.25) is 0 Å². The highest BCUT2D eigenvalue weighted by atomic mass is 32.1. The standard InChI is InChI=1S/C15H17NOS/c16-14-5-4-13-12(14)2-1-3-15(13)17-8-6-11-7-9-18-10-11/h1-3,7,9-10,14H,4-6,8,16H2. The Hall–Kier alpha value is -1.32. The minimum Gasteiger partial charge on any atom is -0.493 e. The summed E-state index contributed by atoms with van der Waals surface area (Å²) in [5, 5.41) is 4.28. The molecule has 0 fully saturated rings. The van der Waals surface area contributed by atoms with E-state index < -0.39 is 0 Å². The molecule has 1 aromatic carbocycles. The molecule has 1 aromatic heterocycles. The van der Waals surface area contributed by atoms with Crippen molar-refractivity contribution in [2.24, 2.45) is 5.73 Å². The molecule has 1 heterocycles. The Labute approximate surface area is 111 Å². The Balaban J connectivity index is 1.67. The first kappa shape index (κ1) is 11.8. The number of hydrogen-bond donors (Lipinski definition) is 1. The van der Waals surface area contributed by atoms with Crippen molar-refractivity contribution in [3.63, 3.8) is 0 Å². The topological polar surface area (TPSA) is 35.2 Å². The summed E-state index contributed by atoms with van der Waals surface area (Å²) in [7, 11) is 0. The van der Waals surface area contributed by atoms with Crippen molar-refractivity contribution in [3.8, 4) is 5.75 Å². The Morgan fingerprint density at radius 2 is 2.28 bits per heavy atom. The van der Waals surface area contributed by atoms with Crippen LogP contribution >= 0.6 is 11.3 Å². The van der Waals surface area contributed by atoms with Gasteiger partial charge < -0.3 is 10.5 Å². The zero-order valence-corrected chi connectivity index (χ0v) is 11.1. The lowest BCUT2D eigenvalue weighted by atomic mass is 10.1. The summed E-state index contributed by atoms with van der Waals surface area (Å²) in [6.45, 7) is 0.739. The van der Waals surface area contributed by atoms with E-state index in [-0.39, 0.29) is 6.04 Å². The molecule has 0 saturated heterocycles. The van der Waals surface area contributed by atoms with Crippen molar-refractivity contribution in [2.45, 2.75) is 25.3 Å². The number of rotatable bonds is 4. The molecule has 0 amide bonds. The summed E-state index contributed by atoms with van der Waals surface area (Å²) in [5.41, 5.74) is 10.00. The van der Waals surface area contributed by atoms with E-state index in [0.29, 0.717) is 0 Å². The first-order valence-electron chi connectivity index (χ1n) is 6.36. The molecule has 0 spiro atoms. The van der Waals surface area contributed by atoms with Crippen molar-refractivity contribution < 1.29 is 4.74 Å². The van der Waals surface area contributed by atoms with E-state index in [4.69, 9.17) is 10.5 Å². The van der Waals surface area contributed by atoms with E-state index in [1.165, 1.54) is 16.7 Å². The lowest BCUT2D eigenvalue weighted by Crippen LogP contribution is -2.06. The van der Waals surface area contributed by atoms with Crippen LogP contribution in [0.4, 0.5) is 0 Å². The molecule has 2 N–H and O–H groups in total. The number of benzene rings is 1. The van der Waals surface area contributed by atoms with Gasteiger partial charge in [0.15, 0.2) is 0 Å². The van der Waals surface area contributed by atoms with Gasteiger partial charge in [0.05, 0.1) is 6.61 Å². The first-order chi connectivity index (χ1) is 8.84. The van der Waals surface area contributed by atoms with Crippen LogP contribution in [0.3, 0.4) is 0 Å². The fourth-order valence-electron chi connectivity index (χ4n) is 2.50. The Morgan fingerprint density at radius 3 is 3.11 bits per heavy atom. The predicted octanol–water partition coefficient (Wildman–Crippen LogP) is 3.32. The van der Waals surface area contributed by atoms with E-state index in [2.05, 4.69) is 29.0 Å². The molecule has 0 radical (unpaired) electrons. The summed E-state index contributed by atoms with van der Waals surface area (Å²) in [6, 6.07) is 8.58. The van der Waals surface area contributed by atoms with Crippen LogP contribution in [0, 0.1) is 0 Å². The fraction of sp³-hybridized carbons (Fsp3) is 0.333. The van der Waals surface area contributed by atoms with Crippen molar-refractivity contribution >= 4 is 11.3 Å². The van der Waals surface area contributed by atoms with Crippen molar-refractivity contribution in [1.29, 1.82) is 0 Å². The third kappa shape index (κ3) is 2.28. The van der Waals surface area contributed by atoms with Gasteiger partial charge in [-0.3, -0.25) is 0 Å². The van der Waals surface area contributed by atoms with Gasteiger partial charge in [-0.25, -0.2) is 0 Å². The van der Waals surface area contributed by atoms with E-state index in [1.54, 1.807) is 11.3 Å². The van der Waals surface area contributed by atoms with Crippen LogP contribution in [0.15, 0.2) is 35.0 Å². The average Bonchev–Trinajstić information content (AvgIpc) is 3.01. The van der Waals surface area contributed by atoms with E-state index in [0.717, 1.165) is 31.6 Å². The fourth-order valence-corrected chi connectivity index (χ4v) is 3.20. The lowest BCUT2D eigenvalue weighted by molar-refractivity contribution is 0.319. The monoisotopic (exact) mass is 259 g/mol. The summed E-state index contributed by atoms with van der Waals surface area (Å²) in [5.74, 6) is 1.02. The van der Waals surface area contributed by atoms with Crippen molar-refractivity contribution in [2.75, 3.05) is 6.61 Å². The van der Waals surface area contributed by atoms with Gasteiger partial charge in [0.25, 0.3) is 0 Å². The number of thiophene rings is 1.